The van der Waals surface area contributed by atoms with Gasteiger partial charge in [-0.3, -0.25) is 4.79 Å². The molecule has 0 aromatic heterocycles. The number of aliphatic carboxylic acids is 1. The van der Waals surface area contributed by atoms with Crippen LogP contribution in [-0.2, 0) is 23.7 Å². The van der Waals surface area contributed by atoms with Gasteiger partial charge in [0.15, 0.2) is 12.4 Å². The molecule has 15 heteroatoms. The van der Waals surface area contributed by atoms with Crippen molar-refractivity contribution >= 4 is 24.2 Å². The molecule has 190 valence electrons. The van der Waals surface area contributed by atoms with Crippen LogP contribution in [0.2, 0.25) is 0 Å². The van der Waals surface area contributed by atoms with E-state index in [0.29, 0.717) is 0 Å². The van der Waals surface area contributed by atoms with Gasteiger partial charge in [-0.2, -0.15) is 0 Å². The van der Waals surface area contributed by atoms with E-state index in [0.717, 1.165) is 0 Å². The van der Waals surface area contributed by atoms with Crippen molar-refractivity contribution in [2.75, 3.05) is 26.2 Å². The summed E-state index contributed by atoms with van der Waals surface area (Å²) in [4.78, 5) is 45.2. The third-order valence-corrected chi connectivity index (χ3v) is 3.96. The van der Waals surface area contributed by atoms with E-state index in [4.69, 9.17) is 24.1 Å². The first-order valence-electron chi connectivity index (χ1n) is 10.0. The second-order valence-electron chi connectivity index (χ2n) is 7.94. The minimum atomic E-state index is -1.85. The Balaban J connectivity index is 2.38. The third kappa shape index (κ3) is 11.0. The highest BCUT2D eigenvalue weighted by Gasteiger charge is 2.46. The van der Waals surface area contributed by atoms with Crippen molar-refractivity contribution in [3.8, 4) is 0 Å². The van der Waals surface area contributed by atoms with Gasteiger partial charge in [0.25, 0.3) is 0 Å². The van der Waals surface area contributed by atoms with Crippen LogP contribution in [0.25, 0.3) is 0 Å². The van der Waals surface area contributed by atoms with E-state index >= 15 is 0 Å². The summed E-state index contributed by atoms with van der Waals surface area (Å²) in [5, 5.41) is 45.6. The fourth-order valence-electron chi connectivity index (χ4n) is 2.47. The molecule has 1 aliphatic heterocycles. The van der Waals surface area contributed by atoms with E-state index in [1.54, 1.807) is 20.8 Å². The summed E-state index contributed by atoms with van der Waals surface area (Å²) in [6, 6.07) is 0. The van der Waals surface area contributed by atoms with Crippen molar-refractivity contribution in [1.29, 1.82) is 0 Å². The minimum Gasteiger partial charge on any atom is -0.481 e. The number of rotatable bonds is 9. The first kappa shape index (κ1) is 28.2. The van der Waals surface area contributed by atoms with E-state index < -0.39 is 67.2 Å². The number of hydrogen-bond donors (Lipinski definition) is 7. The average molecular weight is 481 g/mol. The smallest absolute Gasteiger partial charge is 0.407 e. The molecule has 0 unspecified atom stereocenters. The lowest BCUT2D eigenvalue weighted by atomic mass is 9.99. The van der Waals surface area contributed by atoms with Crippen LogP contribution < -0.4 is 16.0 Å². The average Bonchev–Trinajstić information content (AvgIpc) is 2.68. The molecule has 1 fully saturated rings. The molecule has 1 heterocycles. The summed E-state index contributed by atoms with van der Waals surface area (Å²) in [6.45, 7) is 4.24. The van der Waals surface area contributed by atoms with Gasteiger partial charge in [-0.15, -0.1) is 0 Å². The van der Waals surface area contributed by atoms with Gasteiger partial charge in [0.05, 0.1) is 6.42 Å². The summed E-state index contributed by atoms with van der Waals surface area (Å²) in [7, 11) is 0. The van der Waals surface area contributed by atoms with Crippen molar-refractivity contribution < 1.29 is 58.6 Å². The molecule has 0 radical (unpaired) electrons. The van der Waals surface area contributed by atoms with Crippen LogP contribution in [0.3, 0.4) is 0 Å². The first-order chi connectivity index (χ1) is 15.3. The Kier molecular flexibility index (Phi) is 11.1. The van der Waals surface area contributed by atoms with Gasteiger partial charge in [-0.1, -0.05) is 0 Å². The number of nitrogens with one attached hydrogen (secondary N) is 3. The number of hydrogen-bond acceptors (Lipinski definition) is 11. The zero-order chi connectivity index (χ0) is 25.2. The van der Waals surface area contributed by atoms with Crippen LogP contribution in [0.4, 0.5) is 14.4 Å². The number of alkyl carbamates (subject to hydrolysis) is 3. The van der Waals surface area contributed by atoms with Gasteiger partial charge in [0, 0.05) is 19.6 Å². The highest BCUT2D eigenvalue weighted by atomic mass is 16.7. The molecule has 5 atom stereocenters. The minimum absolute atomic E-state index is 0.00680. The van der Waals surface area contributed by atoms with Crippen LogP contribution in [0.1, 0.15) is 27.2 Å². The van der Waals surface area contributed by atoms with Gasteiger partial charge < -0.3 is 55.3 Å². The zero-order valence-corrected chi connectivity index (χ0v) is 18.5. The lowest BCUT2D eigenvalue weighted by molar-refractivity contribution is -0.285. The molecule has 1 rings (SSSR count). The summed E-state index contributed by atoms with van der Waals surface area (Å²) >= 11 is 0. The molecule has 1 aliphatic rings. The van der Waals surface area contributed by atoms with E-state index in [1.165, 1.54) is 0 Å². The maximum Gasteiger partial charge on any atom is 0.407 e. The molecule has 1 saturated heterocycles. The van der Waals surface area contributed by atoms with Crippen LogP contribution >= 0.6 is 0 Å². The number of carboxylic acids is 1. The quantitative estimate of drug-likeness (QED) is 0.144. The maximum atomic E-state index is 11.9. The molecular formula is C18H31N3O12. The lowest BCUT2D eigenvalue weighted by Crippen LogP contribution is -2.60. The number of aliphatic hydroxyl groups excluding tert-OH is 3. The normalized spacial score (nSPS) is 24.8. The highest BCUT2D eigenvalue weighted by molar-refractivity contribution is 5.70. The van der Waals surface area contributed by atoms with Crippen LogP contribution in [0.5, 0.6) is 0 Å². The number of carbonyl (C=O) groups excluding carboxylic acids is 3. The number of ether oxygens (including phenoxy) is 4. The molecule has 15 nitrogen and oxygen atoms in total. The summed E-state index contributed by atoms with van der Waals surface area (Å²) in [6.07, 6.45) is -11.4. The molecule has 0 aromatic carbocycles. The number of carboxylic acid groups (broad SMARTS) is 1. The molecule has 0 saturated carbocycles. The molecule has 33 heavy (non-hydrogen) atoms. The maximum absolute atomic E-state index is 11.9. The van der Waals surface area contributed by atoms with E-state index in [2.05, 4.69) is 16.0 Å². The number of amides is 3. The summed E-state index contributed by atoms with van der Waals surface area (Å²) < 4.78 is 19.7. The Hall–Kier alpha value is -2.88. The summed E-state index contributed by atoms with van der Waals surface area (Å²) in [5.41, 5.74) is -0.683. The Morgan fingerprint density at radius 3 is 2.03 bits per heavy atom. The van der Waals surface area contributed by atoms with Crippen molar-refractivity contribution in [1.82, 2.24) is 16.0 Å². The van der Waals surface area contributed by atoms with E-state index in [1.807, 2.05) is 0 Å². The van der Waals surface area contributed by atoms with Crippen molar-refractivity contribution in [3.63, 3.8) is 0 Å². The second kappa shape index (κ2) is 13.0. The molecular weight excluding hydrogens is 450 g/mol. The Labute approximate surface area is 189 Å². The van der Waals surface area contributed by atoms with Crippen LogP contribution in [0, 0.1) is 0 Å². The lowest BCUT2D eigenvalue weighted by Gasteiger charge is -2.39. The fraction of sp³-hybridized carbons (Fsp3) is 0.778. The Morgan fingerprint density at radius 1 is 0.879 bits per heavy atom. The topological polar surface area (TPSA) is 222 Å². The van der Waals surface area contributed by atoms with Gasteiger partial charge in [-0.25, -0.2) is 14.4 Å². The van der Waals surface area contributed by atoms with Gasteiger partial charge in [0.2, 0.25) is 0 Å². The molecule has 3 amide bonds. The standard InChI is InChI=1S/C18H31N3O12/c1-18(2,3)33-17(29)21-7-6-20-16(28)32-13-12(25)11(24)9(31-14(13)26)8-30-15(27)19-5-4-10(22)23/h9,11-14,24-26H,4-8H2,1-3H3,(H,19,27)(H,20,28)(H,21,29)(H,22,23)/t9-,11-,12+,13-,14-/m1/s1. The third-order valence-electron chi connectivity index (χ3n) is 3.96. The number of aliphatic hydroxyl groups is 3. The van der Waals surface area contributed by atoms with Gasteiger partial charge in [-0.05, 0) is 20.8 Å². The van der Waals surface area contributed by atoms with E-state index in [-0.39, 0.29) is 26.1 Å². The van der Waals surface area contributed by atoms with Crippen LogP contribution in [0.15, 0.2) is 0 Å². The first-order valence-corrected chi connectivity index (χ1v) is 10.0. The SMILES string of the molecule is CC(C)(C)OC(=O)NCCNC(=O)O[C@@H]1[C@@H](O)[C@H](O)[C@@H](COC(=O)NCCC(=O)O)O[C@H]1O. The monoisotopic (exact) mass is 481 g/mol. The number of carbonyl (C=O) groups is 4. The predicted octanol–water partition coefficient (Wildman–Crippen LogP) is -1.75. The Bertz CT molecular complexity index is 683. The second-order valence-corrected chi connectivity index (χ2v) is 7.94. The molecule has 0 spiro atoms. The van der Waals surface area contributed by atoms with Gasteiger partial charge in [0.1, 0.15) is 30.5 Å². The molecule has 0 aliphatic carbocycles. The molecule has 0 bridgehead atoms. The highest BCUT2D eigenvalue weighted by Crippen LogP contribution is 2.22. The fourth-order valence-corrected chi connectivity index (χ4v) is 2.47. The zero-order valence-electron chi connectivity index (χ0n) is 18.5. The van der Waals surface area contributed by atoms with Crippen molar-refractivity contribution in [2.24, 2.45) is 0 Å². The predicted molar refractivity (Wildman–Crippen MR) is 107 cm³/mol. The molecule has 0 aromatic rings. The van der Waals surface area contributed by atoms with Crippen molar-refractivity contribution in [2.45, 2.75) is 63.5 Å². The summed E-state index contributed by atoms with van der Waals surface area (Å²) in [5.74, 6) is -1.12. The van der Waals surface area contributed by atoms with E-state index in [9.17, 15) is 34.5 Å². The molecule has 7 N–H and O–H groups in total. The largest absolute Gasteiger partial charge is 0.481 e. The Morgan fingerprint density at radius 2 is 1.45 bits per heavy atom. The van der Waals surface area contributed by atoms with Gasteiger partial charge >= 0.3 is 24.2 Å². The van der Waals surface area contributed by atoms with Crippen LogP contribution in [-0.4, -0.2) is 107 Å². The van der Waals surface area contributed by atoms with Crippen molar-refractivity contribution in [3.05, 3.63) is 0 Å².